The van der Waals surface area contributed by atoms with Crippen LogP contribution in [0.5, 0.6) is 11.5 Å². The first kappa shape index (κ1) is 14.9. The number of carbonyl (C=O) groups is 1. The van der Waals surface area contributed by atoms with E-state index in [-0.39, 0.29) is 19.2 Å². The minimum atomic E-state index is -0.220. The van der Waals surface area contributed by atoms with Crippen molar-refractivity contribution in [2.24, 2.45) is 5.10 Å². The largest absolute Gasteiger partial charge is 0.454 e. The highest BCUT2D eigenvalue weighted by molar-refractivity contribution is 5.84. The average molecular weight is 311 g/mol. The first-order valence-corrected chi connectivity index (χ1v) is 7.23. The average Bonchev–Trinajstić information content (AvgIpc) is 3.02. The third-order valence-electron chi connectivity index (χ3n) is 3.30. The van der Waals surface area contributed by atoms with Gasteiger partial charge in [0.2, 0.25) is 6.79 Å². The highest BCUT2D eigenvalue weighted by Gasteiger charge is 2.12. The van der Waals surface area contributed by atoms with Crippen LogP contribution in [0.3, 0.4) is 0 Å². The number of benzene rings is 2. The van der Waals surface area contributed by atoms with Gasteiger partial charge in [-0.15, -0.1) is 0 Å². The minimum absolute atomic E-state index is 0.154. The molecule has 2 aromatic carbocycles. The summed E-state index contributed by atoms with van der Waals surface area (Å²) in [6.07, 6.45) is 1.56. The van der Waals surface area contributed by atoms with Gasteiger partial charge in [-0.25, -0.2) is 5.43 Å². The monoisotopic (exact) mass is 311 g/mol. The highest BCUT2D eigenvalue weighted by Crippen LogP contribution is 2.31. The maximum absolute atomic E-state index is 11.7. The zero-order valence-electron chi connectivity index (χ0n) is 12.7. The van der Waals surface area contributed by atoms with E-state index < -0.39 is 0 Å². The van der Waals surface area contributed by atoms with Gasteiger partial charge in [-0.3, -0.25) is 4.79 Å². The second-order valence-corrected chi connectivity index (χ2v) is 5.13. The van der Waals surface area contributed by atoms with Crippen molar-refractivity contribution in [3.63, 3.8) is 0 Å². The lowest BCUT2D eigenvalue weighted by Crippen LogP contribution is -2.25. The van der Waals surface area contributed by atoms with Gasteiger partial charge in [0.1, 0.15) is 0 Å². The van der Waals surface area contributed by atoms with Gasteiger partial charge in [0.25, 0.3) is 5.91 Å². The Kier molecular flexibility index (Phi) is 4.42. The maximum Gasteiger partial charge on any atom is 0.259 e. The van der Waals surface area contributed by atoms with E-state index in [0.717, 1.165) is 11.3 Å². The van der Waals surface area contributed by atoms with Gasteiger partial charge in [0.15, 0.2) is 11.5 Å². The lowest BCUT2D eigenvalue weighted by molar-refractivity contribution is -0.119. The van der Waals surface area contributed by atoms with Crippen molar-refractivity contribution in [3.05, 3.63) is 53.6 Å². The molecule has 0 saturated carbocycles. The molecule has 1 heterocycles. The SMILES string of the molecule is Cc1ccc(NCC(=O)N/N=C\c2ccc3c(c2)OCO3)cc1. The molecule has 2 aromatic rings. The first-order valence-electron chi connectivity index (χ1n) is 7.23. The molecule has 6 heteroatoms. The number of hydrogen-bond donors (Lipinski definition) is 2. The Morgan fingerprint density at radius 1 is 1.17 bits per heavy atom. The van der Waals surface area contributed by atoms with Crippen molar-refractivity contribution in [1.82, 2.24) is 5.43 Å². The number of rotatable bonds is 5. The third-order valence-corrected chi connectivity index (χ3v) is 3.30. The minimum Gasteiger partial charge on any atom is -0.454 e. The summed E-state index contributed by atoms with van der Waals surface area (Å²) in [5, 5.41) is 6.96. The zero-order valence-corrected chi connectivity index (χ0v) is 12.7. The molecule has 23 heavy (non-hydrogen) atoms. The molecule has 1 aliphatic heterocycles. The second-order valence-electron chi connectivity index (χ2n) is 5.13. The molecule has 3 rings (SSSR count). The lowest BCUT2D eigenvalue weighted by Gasteiger charge is -2.05. The predicted molar refractivity (Wildman–Crippen MR) is 88.0 cm³/mol. The van der Waals surface area contributed by atoms with Crippen LogP contribution >= 0.6 is 0 Å². The number of nitrogens with zero attached hydrogens (tertiary/aromatic N) is 1. The highest BCUT2D eigenvalue weighted by atomic mass is 16.7. The molecular weight excluding hydrogens is 294 g/mol. The summed E-state index contributed by atoms with van der Waals surface area (Å²) in [6.45, 7) is 2.40. The van der Waals surface area contributed by atoms with E-state index in [1.807, 2.05) is 49.4 Å². The molecule has 0 radical (unpaired) electrons. The fourth-order valence-electron chi connectivity index (χ4n) is 2.07. The molecule has 0 aliphatic carbocycles. The number of nitrogens with one attached hydrogen (secondary N) is 2. The van der Waals surface area contributed by atoms with Gasteiger partial charge in [-0.05, 0) is 42.8 Å². The Morgan fingerprint density at radius 2 is 1.96 bits per heavy atom. The van der Waals surface area contributed by atoms with Crippen LogP contribution in [0.2, 0.25) is 0 Å². The van der Waals surface area contributed by atoms with E-state index in [2.05, 4.69) is 15.8 Å². The van der Waals surface area contributed by atoms with E-state index in [4.69, 9.17) is 9.47 Å². The fourth-order valence-corrected chi connectivity index (χ4v) is 2.07. The predicted octanol–water partition coefficient (Wildman–Crippen LogP) is 2.29. The van der Waals surface area contributed by atoms with Crippen LogP contribution in [0, 0.1) is 6.92 Å². The van der Waals surface area contributed by atoms with Crippen LogP contribution in [0.15, 0.2) is 47.6 Å². The van der Waals surface area contributed by atoms with Crippen molar-refractivity contribution >= 4 is 17.8 Å². The number of ether oxygens (including phenoxy) is 2. The molecule has 1 aliphatic rings. The van der Waals surface area contributed by atoms with E-state index >= 15 is 0 Å². The standard InChI is InChI=1S/C17H17N3O3/c1-12-2-5-14(6-3-12)18-10-17(21)20-19-9-13-4-7-15-16(8-13)23-11-22-15/h2-9,18H,10-11H2,1H3,(H,20,21)/b19-9-. The smallest absolute Gasteiger partial charge is 0.259 e. The van der Waals surface area contributed by atoms with E-state index in [1.165, 1.54) is 5.56 Å². The Balaban J connectivity index is 1.47. The number of carbonyl (C=O) groups excluding carboxylic acids is 1. The number of hydrazone groups is 1. The molecule has 6 nitrogen and oxygen atoms in total. The van der Waals surface area contributed by atoms with E-state index in [0.29, 0.717) is 11.5 Å². The number of anilines is 1. The number of hydrogen-bond acceptors (Lipinski definition) is 5. The zero-order chi connectivity index (χ0) is 16.1. The van der Waals surface area contributed by atoms with Crippen LogP contribution < -0.4 is 20.2 Å². The number of aryl methyl sites for hydroxylation is 1. The quantitative estimate of drug-likeness (QED) is 0.656. The van der Waals surface area contributed by atoms with Crippen molar-refractivity contribution in [2.75, 3.05) is 18.7 Å². The van der Waals surface area contributed by atoms with Gasteiger partial charge in [0, 0.05) is 5.69 Å². The molecule has 1 amide bonds. The van der Waals surface area contributed by atoms with Gasteiger partial charge < -0.3 is 14.8 Å². The maximum atomic E-state index is 11.7. The van der Waals surface area contributed by atoms with Crippen molar-refractivity contribution in [1.29, 1.82) is 0 Å². The summed E-state index contributed by atoms with van der Waals surface area (Å²) in [4.78, 5) is 11.7. The topological polar surface area (TPSA) is 72.0 Å². The van der Waals surface area contributed by atoms with Crippen molar-refractivity contribution in [3.8, 4) is 11.5 Å². The first-order chi connectivity index (χ1) is 11.2. The molecule has 0 saturated heterocycles. The summed E-state index contributed by atoms with van der Waals surface area (Å²) in [6, 6.07) is 13.3. The molecule has 0 spiro atoms. The van der Waals surface area contributed by atoms with Gasteiger partial charge in [0.05, 0.1) is 12.8 Å². The van der Waals surface area contributed by atoms with Crippen LogP contribution in [0.1, 0.15) is 11.1 Å². The molecular formula is C17H17N3O3. The van der Waals surface area contributed by atoms with Gasteiger partial charge >= 0.3 is 0 Å². The molecule has 0 atom stereocenters. The fraction of sp³-hybridized carbons (Fsp3) is 0.176. The molecule has 2 N–H and O–H groups in total. The summed E-state index contributed by atoms with van der Waals surface area (Å²) in [5.41, 5.74) is 5.37. The van der Waals surface area contributed by atoms with Crippen LogP contribution in [0.4, 0.5) is 5.69 Å². The summed E-state index contributed by atoms with van der Waals surface area (Å²) >= 11 is 0. The molecule has 0 fully saturated rings. The molecule has 118 valence electrons. The van der Waals surface area contributed by atoms with Crippen molar-refractivity contribution in [2.45, 2.75) is 6.92 Å². The molecule has 0 unspecified atom stereocenters. The Bertz CT molecular complexity index is 726. The number of amides is 1. The van der Waals surface area contributed by atoms with Crippen LogP contribution in [-0.4, -0.2) is 25.5 Å². The Hall–Kier alpha value is -3.02. The Morgan fingerprint density at radius 3 is 2.78 bits per heavy atom. The van der Waals surface area contributed by atoms with Crippen LogP contribution in [0.25, 0.3) is 0 Å². The number of fused-ring (bicyclic) bond motifs is 1. The summed E-state index contributed by atoms with van der Waals surface area (Å²) in [5.74, 6) is 1.18. The second kappa shape index (κ2) is 6.83. The van der Waals surface area contributed by atoms with Crippen LogP contribution in [-0.2, 0) is 4.79 Å². The van der Waals surface area contributed by atoms with Crippen molar-refractivity contribution < 1.29 is 14.3 Å². The van der Waals surface area contributed by atoms with Gasteiger partial charge in [-0.1, -0.05) is 17.7 Å². The normalized spacial score (nSPS) is 12.4. The summed E-state index contributed by atoms with van der Waals surface area (Å²) in [7, 11) is 0. The van der Waals surface area contributed by atoms with E-state index in [9.17, 15) is 4.79 Å². The molecule has 0 bridgehead atoms. The summed E-state index contributed by atoms with van der Waals surface area (Å²) < 4.78 is 10.5. The van der Waals surface area contributed by atoms with Gasteiger partial charge in [-0.2, -0.15) is 5.10 Å². The van der Waals surface area contributed by atoms with E-state index in [1.54, 1.807) is 6.21 Å². The molecule has 0 aromatic heterocycles. The Labute approximate surface area is 134 Å². The third kappa shape index (κ3) is 4.00. The lowest BCUT2D eigenvalue weighted by atomic mass is 10.2.